The van der Waals surface area contributed by atoms with Gasteiger partial charge in [-0.15, -0.1) is 10.2 Å². The van der Waals surface area contributed by atoms with Crippen LogP contribution in [0.3, 0.4) is 0 Å². The molecule has 2 atom stereocenters. The Labute approximate surface area is 189 Å². The van der Waals surface area contributed by atoms with Crippen molar-refractivity contribution < 1.29 is 23.1 Å². The lowest BCUT2D eigenvalue weighted by atomic mass is 9.87. The minimum Gasteiger partial charge on any atom is -0.489 e. The summed E-state index contributed by atoms with van der Waals surface area (Å²) < 4.78 is 30.8. The van der Waals surface area contributed by atoms with Gasteiger partial charge in [0.1, 0.15) is 18.0 Å². The average molecular weight is 477 g/mol. The van der Waals surface area contributed by atoms with Crippen LogP contribution in [0.5, 0.6) is 5.75 Å². The van der Waals surface area contributed by atoms with Gasteiger partial charge in [-0.3, -0.25) is 4.79 Å². The molecule has 3 aromatic rings. The van der Waals surface area contributed by atoms with Crippen molar-refractivity contribution in [1.29, 1.82) is 0 Å². The van der Waals surface area contributed by atoms with E-state index in [1.165, 1.54) is 4.68 Å². The number of hydrogen-bond acceptors (Lipinski definition) is 10. The van der Waals surface area contributed by atoms with Crippen molar-refractivity contribution >= 4 is 15.8 Å². The highest BCUT2D eigenvalue weighted by atomic mass is 32.2. The lowest BCUT2D eigenvalue weighted by molar-refractivity contribution is -0.143. The first-order valence-electron chi connectivity index (χ1n) is 10.4. The molecule has 1 aliphatic rings. The monoisotopic (exact) mass is 476 g/mol. The van der Waals surface area contributed by atoms with Crippen LogP contribution in [-0.4, -0.2) is 72.0 Å². The zero-order valence-electron chi connectivity index (χ0n) is 18.4. The molecule has 0 radical (unpaired) electrons. The largest absolute Gasteiger partial charge is 0.489 e. The number of carboxylic acid groups (broad SMARTS) is 1. The molecule has 3 heterocycles. The third-order valence-corrected chi connectivity index (χ3v) is 6.38. The Kier molecular flexibility index (Phi) is 6.10. The van der Waals surface area contributed by atoms with Gasteiger partial charge < -0.3 is 9.84 Å². The van der Waals surface area contributed by atoms with Crippen LogP contribution in [-0.2, 0) is 28.2 Å². The maximum atomic E-state index is 11.6. The summed E-state index contributed by atoms with van der Waals surface area (Å²) in [4.78, 5) is 17.1. The Balaban J connectivity index is 1.54. The minimum absolute atomic E-state index is 0.0962. The van der Waals surface area contributed by atoms with Gasteiger partial charge in [-0.1, -0.05) is 10.3 Å². The van der Waals surface area contributed by atoms with E-state index >= 15 is 0 Å². The molecule has 1 unspecified atom stereocenters. The van der Waals surface area contributed by atoms with Gasteiger partial charge in [-0.05, 0) is 50.0 Å². The molecule has 0 aliphatic heterocycles. The van der Waals surface area contributed by atoms with Gasteiger partial charge in [0.2, 0.25) is 9.84 Å². The summed E-state index contributed by atoms with van der Waals surface area (Å²) in [7, 11) is -1.87. The van der Waals surface area contributed by atoms with E-state index in [4.69, 9.17) is 4.74 Å². The molecule has 176 valence electrons. The summed E-state index contributed by atoms with van der Waals surface area (Å²) in [5.41, 5.74) is 2.30. The number of sulfone groups is 1. The fourth-order valence-corrected chi connectivity index (χ4v) is 4.22. The Morgan fingerprint density at radius 1 is 1.24 bits per heavy atom. The van der Waals surface area contributed by atoms with Crippen LogP contribution in [0.15, 0.2) is 17.3 Å². The van der Waals surface area contributed by atoms with Crippen LogP contribution in [0.4, 0.5) is 0 Å². The quantitative estimate of drug-likeness (QED) is 0.508. The lowest BCUT2D eigenvalue weighted by Crippen LogP contribution is -2.29. The molecule has 0 amide bonds. The number of pyridine rings is 1. The number of tetrazole rings is 1. The van der Waals surface area contributed by atoms with E-state index in [1.807, 2.05) is 6.92 Å². The fraction of sp³-hybridized carbons (Fsp3) is 0.526. The van der Waals surface area contributed by atoms with Gasteiger partial charge in [-0.2, -0.15) is 4.80 Å². The highest BCUT2D eigenvalue weighted by Crippen LogP contribution is 2.30. The smallest absolute Gasteiger partial charge is 0.306 e. The molecule has 4 rings (SSSR count). The van der Waals surface area contributed by atoms with Crippen molar-refractivity contribution in [3.8, 4) is 17.1 Å². The molecular weight excluding hydrogens is 452 g/mol. The van der Waals surface area contributed by atoms with Crippen molar-refractivity contribution in [2.45, 2.75) is 50.4 Å². The first-order valence-corrected chi connectivity index (χ1v) is 12.2. The Hall–Kier alpha value is -3.42. The van der Waals surface area contributed by atoms with E-state index in [1.54, 1.807) is 19.2 Å². The Morgan fingerprint density at radius 3 is 2.70 bits per heavy atom. The number of nitrogens with zero attached hydrogens (tertiary/aromatic N) is 8. The van der Waals surface area contributed by atoms with Crippen LogP contribution in [0.25, 0.3) is 11.4 Å². The van der Waals surface area contributed by atoms with E-state index in [9.17, 15) is 18.3 Å². The second-order valence-electron chi connectivity index (χ2n) is 8.10. The number of aryl methyl sites for hydroxylation is 2. The van der Waals surface area contributed by atoms with Gasteiger partial charge in [0.05, 0.1) is 29.1 Å². The summed E-state index contributed by atoms with van der Waals surface area (Å²) >= 11 is 0. The number of carbonyl (C=O) groups is 1. The minimum atomic E-state index is -3.57. The third kappa shape index (κ3) is 4.99. The highest BCUT2D eigenvalue weighted by Gasteiger charge is 2.28. The first-order chi connectivity index (χ1) is 15.6. The fourth-order valence-electron chi connectivity index (χ4n) is 3.79. The van der Waals surface area contributed by atoms with Gasteiger partial charge in [0, 0.05) is 13.3 Å². The van der Waals surface area contributed by atoms with Gasteiger partial charge in [-0.25, -0.2) is 18.1 Å². The number of hydrogen-bond donors (Lipinski definition) is 1. The third-order valence-electron chi connectivity index (χ3n) is 5.55. The molecule has 13 nitrogen and oxygen atoms in total. The summed E-state index contributed by atoms with van der Waals surface area (Å²) in [5, 5.41) is 28.4. The maximum Gasteiger partial charge on any atom is 0.306 e. The molecule has 33 heavy (non-hydrogen) atoms. The second kappa shape index (κ2) is 8.84. The van der Waals surface area contributed by atoms with Gasteiger partial charge in [0.25, 0.3) is 5.16 Å². The van der Waals surface area contributed by atoms with Crippen molar-refractivity contribution in [3.63, 3.8) is 0 Å². The topological polar surface area (TPSA) is 168 Å². The number of aliphatic carboxylic acids is 1. The van der Waals surface area contributed by atoms with Crippen molar-refractivity contribution in [2.24, 2.45) is 13.0 Å². The molecular formula is C19H24N8O5S. The maximum absolute atomic E-state index is 11.6. The number of aromatic nitrogens is 8. The average Bonchev–Trinajstić information content (AvgIpc) is 3.37. The van der Waals surface area contributed by atoms with Gasteiger partial charge in [0.15, 0.2) is 0 Å². The molecule has 1 aliphatic carbocycles. The van der Waals surface area contributed by atoms with Crippen LogP contribution >= 0.6 is 0 Å². The molecule has 1 N–H and O–H groups in total. The van der Waals surface area contributed by atoms with Crippen molar-refractivity contribution in [3.05, 3.63) is 23.5 Å². The first kappa shape index (κ1) is 22.8. The molecule has 0 saturated heterocycles. The Morgan fingerprint density at radius 2 is 2.03 bits per heavy atom. The van der Waals surface area contributed by atoms with Crippen molar-refractivity contribution in [2.75, 3.05) is 6.26 Å². The molecule has 1 fully saturated rings. The predicted octanol–water partition coefficient (Wildman–Crippen LogP) is 0.646. The van der Waals surface area contributed by atoms with Crippen LogP contribution in [0.1, 0.15) is 37.1 Å². The van der Waals surface area contributed by atoms with Crippen LogP contribution in [0, 0.1) is 12.8 Å². The second-order valence-corrected chi connectivity index (χ2v) is 10.0. The molecule has 3 aromatic heterocycles. The number of rotatable bonds is 7. The van der Waals surface area contributed by atoms with Crippen molar-refractivity contribution in [1.82, 2.24) is 40.2 Å². The van der Waals surface area contributed by atoms with Crippen LogP contribution in [0.2, 0.25) is 0 Å². The summed E-state index contributed by atoms with van der Waals surface area (Å²) in [6, 6.07) is 3.54. The highest BCUT2D eigenvalue weighted by molar-refractivity contribution is 7.90. The normalized spacial score (nSPS) is 18.9. The predicted molar refractivity (Wildman–Crippen MR) is 113 cm³/mol. The number of carboxylic acids is 1. The summed E-state index contributed by atoms with van der Waals surface area (Å²) in [5.74, 6) is -0.572. The standard InChI is InChI=1S/C19H24N8O5S/c1-11-16(32-13-6-4-5-12(9-13)18(28)29)8-7-14(20-11)17-15(26(2)24-21-17)10-27-23-19(22-25-27)33(3,30)31/h7-8,12-13H,4-6,9-10H2,1-3H3,(H,28,29)/t12-,13?/m0/s1. The van der Waals surface area contributed by atoms with Crippen LogP contribution < -0.4 is 4.74 Å². The molecule has 0 bridgehead atoms. The Bertz CT molecular complexity index is 1290. The molecule has 14 heteroatoms. The summed E-state index contributed by atoms with van der Waals surface area (Å²) in [6.07, 6.45) is 3.61. The molecule has 0 aromatic carbocycles. The van der Waals surface area contributed by atoms with E-state index in [0.29, 0.717) is 41.4 Å². The zero-order valence-corrected chi connectivity index (χ0v) is 19.2. The van der Waals surface area contributed by atoms with E-state index in [0.717, 1.165) is 23.9 Å². The SMILES string of the molecule is Cc1nc(-c2nnn(C)c2Cn2nnc(S(C)(=O)=O)n2)ccc1OC1CCC[C@H](C(=O)O)C1. The zero-order chi connectivity index (χ0) is 23.8. The van der Waals surface area contributed by atoms with E-state index in [2.05, 4.69) is 30.7 Å². The van der Waals surface area contributed by atoms with Gasteiger partial charge >= 0.3 is 5.97 Å². The molecule has 1 saturated carbocycles. The summed E-state index contributed by atoms with van der Waals surface area (Å²) in [6.45, 7) is 1.91. The molecule has 0 spiro atoms. The lowest BCUT2D eigenvalue weighted by Gasteiger charge is -2.27. The number of ether oxygens (including phenoxy) is 1. The van der Waals surface area contributed by atoms with E-state index in [-0.39, 0.29) is 23.7 Å². The van der Waals surface area contributed by atoms with E-state index < -0.39 is 15.8 Å².